The molecule has 1 aromatic carbocycles. The van der Waals surface area contributed by atoms with Crippen molar-refractivity contribution in [2.75, 3.05) is 26.2 Å². The van der Waals surface area contributed by atoms with Crippen LogP contribution in [-0.2, 0) is 26.7 Å². The van der Waals surface area contributed by atoms with Crippen molar-refractivity contribution in [3.63, 3.8) is 0 Å². The molecule has 0 aliphatic carbocycles. The zero-order valence-corrected chi connectivity index (χ0v) is 18.4. The third-order valence-electron chi connectivity index (χ3n) is 5.11. The molecule has 2 heterocycles. The molecule has 7 heteroatoms. The van der Waals surface area contributed by atoms with Crippen molar-refractivity contribution >= 4 is 27.3 Å². The van der Waals surface area contributed by atoms with Gasteiger partial charge < -0.3 is 4.90 Å². The Morgan fingerprint density at radius 1 is 1.04 bits per heavy atom. The summed E-state index contributed by atoms with van der Waals surface area (Å²) in [5, 5.41) is 2.01. The van der Waals surface area contributed by atoms with E-state index in [-0.39, 0.29) is 11.3 Å². The van der Waals surface area contributed by atoms with Gasteiger partial charge in [-0.15, -0.1) is 11.3 Å². The number of carbonyl (C=O) groups is 1. The van der Waals surface area contributed by atoms with E-state index >= 15 is 0 Å². The van der Waals surface area contributed by atoms with Gasteiger partial charge in [0, 0.05) is 37.5 Å². The van der Waals surface area contributed by atoms with Gasteiger partial charge in [-0.2, -0.15) is 4.31 Å². The van der Waals surface area contributed by atoms with Gasteiger partial charge in [0.1, 0.15) is 0 Å². The lowest BCUT2D eigenvalue weighted by Gasteiger charge is -2.34. The predicted octanol–water partition coefficient (Wildman–Crippen LogP) is 3.51. The first-order valence-corrected chi connectivity index (χ1v) is 11.9. The standard InChI is InChI=1S/C21H28N2O3S2/c1-21(2,3)17-6-9-19(10-7-17)28(25,26)23-14-12-22(13-15-23)20(24)11-8-18-5-4-16-27-18/h4-7,9-10,16H,8,11-15H2,1-3H3. The molecule has 0 atom stereocenters. The summed E-state index contributed by atoms with van der Waals surface area (Å²) in [4.78, 5) is 15.7. The molecule has 3 rings (SSSR count). The van der Waals surface area contributed by atoms with Crippen LogP contribution >= 0.6 is 11.3 Å². The Labute approximate surface area is 172 Å². The summed E-state index contributed by atoms with van der Waals surface area (Å²) >= 11 is 1.66. The van der Waals surface area contributed by atoms with Crippen LogP contribution in [0.2, 0.25) is 0 Å². The Morgan fingerprint density at radius 2 is 1.68 bits per heavy atom. The number of aryl methyl sites for hydroxylation is 1. The number of hydrogen-bond acceptors (Lipinski definition) is 4. The van der Waals surface area contributed by atoms with E-state index in [4.69, 9.17) is 0 Å². The van der Waals surface area contributed by atoms with Gasteiger partial charge in [-0.25, -0.2) is 8.42 Å². The van der Waals surface area contributed by atoms with Crippen LogP contribution in [0, 0.1) is 0 Å². The maximum absolute atomic E-state index is 12.9. The molecule has 2 aromatic rings. The Kier molecular flexibility index (Phi) is 6.27. The van der Waals surface area contributed by atoms with Crippen molar-refractivity contribution in [2.24, 2.45) is 0 Å². The lowest BCUT2D eigenvalue weighted by Crippen LogP contribution is -2.50. The van der Waals surface area contributed by atoms with E-state index in [0.717, 1.165) is 12.0 Å². The predicted molar refractivity (Wildman–Crippen MR) is 113 cm³/mol. The molecule has 1 amide bonds. The van der Waals surface area contributed by atoms with Crippen molar-refractivity contribution in [1.29, 1.82) is 0 Å². The minimum Gasteiger partial charge on any atom is -0.340 e. The third-order valence-corrected chi connectivity index (χ3v) is 7.96. The van der Waals surface area contributed by atoms with Gasteiger partial charge in [-0.05, 0) is 41.0 Å². The van der Waals surface area contributed by atoms with Crippen LogP contribution in [0.5, 0.6) is 0 Å². The van der Waals surface area contributed by atoms with Crippen LogP contribution < -0.4 is 0 Å². The van der Waals surface area contributed by atoms with Gasteiger partial charge in [0.05, 0.1) is 4.90 Å². The summed E-state index contributed by atoms with van der Waals surface area (Å²) in [6.45, 7) is 7.88. The minimum atomic E-state index is -3.52. The fraction of sp³-hybridized carbons (Fsp3) is 0.476. The van der Waals surface area contributed by atoms with E-state index in [1.807, 2.05) is 29.6 Å². The average Bonchev–Trinajstić information content (AvgIpc) is 3.19. The molecule has 28 heavy (non-hydrogen) atoms. The minimum absolute atomic E-state index is 0.0165. The topological polar surface area (TPSA) is 57.7 Å². The number of piperazine rings is 1. The Balaban J connectivity index is 1.58. The molecule has 0 spiro atoms. The number of sulfonamides is 1. The van der Waals surface area contributed by atoms with Gasteiger partial charge in [0.25, 0.3) is 0 Å². The molecule has 152 valence electrons. The molecule has 5 nitrogen and oxygen atoms in total. The summed E-state index contributed by atoms with van der Waals surface area (Å²) in [6.07, 6.45) is 1.22. The summed E-state index contributed by atoms with van der Waals surface area (Å²) in [5.74, 6) is 0.0972. The first-order chi connectivity index (χ1) is 13.2. The number of rotatable bonds is 5. The number of benzene rings is 1. The van der Waals surface area contributed by atoms with Crippen LogP contribution in [-0.4, -0.2) is 49.7 Å². The molecule has 0 N–H and O–H groups in total. The van der Waals surface area contributed by atoms with Gasteiger partial charge in [0.2, 0.25) is 15.9 Å². The summed E-state index contributed by atoms with van der Waals surface area (Å²) in [6, 6.07) is 11.2. The van der Waals surface area contributed by atoms with Crippen LogP contribution in [0.4, 0.5) is 0 Å². The molecule has 1 aliphatic heterocycles. The van der Waals surface area contributed by atoms with Gasteiger partial charge in [0.15, 0.2) is 0 Å². The lowest BCUT2D eigenvalue weighted by atomic mass is 9.87. The Hall–Kier alpha value is -1.70. The largest absolute Gasteiger partial charge is 0.340 e. The highest BCUT2D eigenvalue weighted by Gasteiger charge is 2.30. The molecule has 1 fully saturated rings. The zero-order valence-electron chi connectivity index (χ0n) is 16.7. The van der Waals surface area contributed by atoms with E-state index in [2.05, 4.69) is 20.8 Å². The summed E-state index contributed by atoms with van der Waals surface area (Å²) in [7, 11) is -3.52. The normalized spacial score (nSPS) is 16.3. The number of thiophene rings is 1. The smallest absolute Gasteiger partial charge is 0.243 e. The SMILES string of the molecule is CC(C)(C)c1ccc(S(=O)(=O)N2CCN(C(=O)CCc3cccs3)CC2)cc1. The summed E-state index contributed by atoms with van der Waals surface area (Å²) in [5.41, 5.74) is 1.09. The highest BCUT2D eigenvalue weighted by Crippen LogP contribution is 2.25. The van der Waals surface area contributed by atoms with Gasteiger partial charge >= 0.3 is 0 Å². The molecular weight excluding hydrogens is 392 g/mol. The van der Waals surface area contributed by atoms with Crippen molar-refractivity contribution in [3.8, 4) is 0 Å². The monoisotopic (exact) mass is 420 g/mol. The fourth-order valence-electron chi connectivity index (χ4n) is 3.30. The lowest BCUT2D eigenvalue weighted by molar-refractivity contribution is -0.132. The summed E-state index contributed by atoms with van der Waals surface area (Å²) < 4.78 is 27.3. The van der Waals surface area contributed by atoms with Crippen molar-refractivity contribution in [1.82, 2.24) is 9.21 Å². The second kappa shape index (κ2) is 8.35. The number of nitrogens with zero attached hydrogens (tertiary/aromatic N) is 2. The van der Waals surface area contributed by atoms with Gasteiger partial charge in [-0.3, -0.25) is 4.79 Å². The van der Waals surface area contributed by atoms with Crippen LogP contribution in [0.15, 0.2) is 46.7 Å². The van der Waals surface area contributed by atoms with Crippen molar-refractivity contribution < 1.29 is 13.2 Å². The molecular formula is C21H28N2O3S2. The second-order valence-electron chi connectivity index (χ2n) is 8.14. The van der Waals surface area contributed by atoms with Crippen molar-refractivity contribution in [3.05, 3.63) is 52.2 Å². The van der Waals surface area contributed by atoms with E-state index in [0.29, 0.717) is 37.5 Å². The zero-order chi connectivity index (χ0) is 20.4. The third kappa shape index (κ3) is 4.82. The number of hydrogen-bond donors (Lipinski definition) is 0. The highest BCUT2D eigenvalue weighted by atomic mass is 32.2. The first kappa shape index (κ1) is 21.0. The highest BCUT2D eigenvalue weighted by molar-refractivity contribution is 7.89. The van der Waals surface area contributed by atoms with Crippen LogP contribution in [0.25, 0.3) is 0 Å². The molecule has 0 radical (unpaired) electrons. The van der Waals surface area contributed by atoms with Crippen molar-refractivity contribution in [2.45, 2.75) is 43.9 Å². The van der Waals surface area contributed by atoms with E-state index in [1.165, 1.54) is 9.18 Å². The molecule has 0 saturated carbocycles. The molecule has 0 unspecified atom stereocenters. The van der Waals surface area contributed by atoms with Crippen LogP contribution in [0.3, 0.4) is 0 Å². The number of amides is 1. The first-order valence-electron chi connectivity index (χ1n) is 9.59. The molecule has 1 aromatic heterocycles. The average molecular weight is 421 g/mol. The van der Waals surface area contributed by atoms with Gasteiger partial charge in [-0.1, -0.05) is 39.0 Å². The molecule has 1 aliphatic rings. The van der Waals surface area contributed by atoms with E-state index < -0.39 is 10.0 Å². The van der Waals surface area contributed by atoms with E-state index in [1.54, 1.807) is 28.4 Å². The second-order valence-corrected chi connectivity index (χ2v) is 11.1. The maximum Gasteiger partial charge on any atom is 0.243 e. The van der Waals surface area contributed by atoms with Crippen LogP contribution in [0.1, 0.15) is 37.6 Å². The fourth-order valence-corrected chi connectivity index (χ4v) is 5.43. The Morgan fingerprint density at radius 3 is 2.21 bits per heavy atom. The Bertz CT molecular complexity index is 890. The maximum atomic E-state index is 12.9. The van der Waals surface area contributed by atoms with E-state index in [9.17, 15) is 13.2 Å². The number of carbonyl (C=O) groups excluding carboxylic acids is 1. The molecule has 0 bridgehead atoms. The quantitative estimate of drug-likeness (QED) is 0.744. The molecule has 1 saturated heterocycles.